The van der Waals surface area contributed by atoms with Gasteiger partial charge in [0.1, 0.15) is 4.75 Å². The highest BCUT2D eigenvalue weighted by Gasteiger charge is 2.42. The zero-order chi connectivity index (χ0) is 14.1. The van der Waals surface area contributed by atoms with E-state index in [1.165, 1.54) is 13.8 Å². The van der Waals surface area contributed by atoms with Crippen LogP contribution in [0.15, 0.2) is 0 Å². The maximum absolute atomic E-state index is 12.3. The molecule has 2 N–H and O–H groups in total. The van der Waals surface area contributed by atoms with Gasteiger partial charge in [0.2, 0.25) is 5.91 Å². The maximum Gasteiger partial charge on any atom is 0.243 e. The molecule has 0 spiro atoms. The van der Waals surface area contributed by atoms with Crippen molar-refractivity contribution < 1.29 is 13.2 Å². The summed E-state index contributed by atoms with van der Waals surface area (Å²) in [5, 5.41) is 0. The van der Waals surface area contributed by atoms with E-state index in [1.807, 2.05) is 6.92 Å². The smallest absolute Gasteiger partial charge is 0.243 e. The maximum atomic E-state index is 12.3. The van der Waals surface area contributed by atoms with Crippen molar-refractivity contribution in [3.8, 4) is 0 Å². The molecule has 106 valence electrons. The van der Waals surface area contributed by atoms with Crippen molar-refractivity contribution in [3.63, 3.8) is 0 Å². The van der Waals surface area contributed by atoms with E-state index in [1.54, 1.807) is 4.90 Å². The Balaban J connectivity index is 2.72. The molecule has 1 rings (SSSR count). The molecule has 1 amide bonds. The van der Waals surface area contributed by atoms with Gasteiger partial charge in [-0.1, -0.05) is 0 Å². The molecule has 1 fully saturated rings. The Bertz CT molecular complexity index is 407. The number of amides is 1. The van der Waals surface area contributed by atoms with Crippen molar-refractivity contribution in [2.75, 3.05) is 19.3 Å². The molecule has 1 atom stereocenters. The third kappa shape index (κ3) is 3.03. The zero-order valence-electron chi connectivity index (χ0n) is 11.6. The van der Waals surface area contributed by atoms with E-state index in [0.29, 0.717) is 19.0 Å². The molecule has 1 heterocycles. The number of piperidine rings is 1. The second-order valence-electron chi connectivity index (χ2n) is 5.77. The zero-order valence-corrected chi connectivity index (χ0v) is 12.5. The topological polar surface area (TPSA) is 80.5 Å². The Labute approximate surface area is 110 Å². The van der Waals surface area contributed by atoms with Crippen LogP contribution in [-0.2, 0) is 14.6 Å². The van der Waals surface area contributed by atoms with Crippen LogP contribution in [0.25, 0.3) is 0 Å². The van der Waals surface area contributed by atoms with Gasteiger partial charge >= 0.3 is 0 Å². The average molecular weight is 276 g/mol. The minimum atomic E-state index is -3.40. The summed E-state index contributed by atoms with van der Waals surface area (Å²) in [5.74, 6) is 0.128. The van der Waals surface area contributed by atoms with Crippen LogP contribution in [0, 0.1) is 5.92 Å². The van der Waals surface area contributed by atoms with Crippen LogP contribution in [0.2, 0.25) is 0 Å². The second-order valence-corrected chi connectivity index (χ2v) is 8.34. The molecule has 5 nitrogen and oxygen atoms in total. The third-order valence-corrected chi connectivity index (χ3v) is 6.04. The summed E-state index contributed by atoms with van der Waals surface area (Å²) in [6.45, 7) is 6.13. The SMILES string of the molecule is CC(N)C1CCN(C(=O)C(C)(C)S(C)(=O)=O)CC1. The lowest BCUT2D eigenvalue weighted by Gasteiger charge is -2.37. The minimum Gasteiger partial charge on any atom is -0.341 e. The largest absolute Gasteiger partial charge is 0.341 e. The molecule has 1 saturated heterocycles. The lowest BCUT2D eigenvalue weighted by molar-refractivity contribution is -0.134. The Morgan fingerprint density at radius 3 is 2.11 bits per heavy atom. The highest BCUT2D eigenvalue weighted by atomic mass is 32.2. The molecule has 0 saturated carbocycles. The Hall–Kier alpha value is -0.620. The quantitative estimate of drug-likeness (QED) is 0.809. The molecule has 0 aromatic rings. The second kappa shape index (κ2) is 5.17. The molecule has 0 aromatic heterocycles. The molecule has 0 bridgehead atoms. The van der Waals surface area contributed by atoms with Gasteiger partial charge in [-0.05, 0) is 39.5 Å². The van der Waals surface area contributed by atoms with Crippen LogP contribution in [0.4, 0.5) is 0 Å². The minimum absolute atomic E-state index is 0.130. The molecular weight excluding hydrogens is 252 g/mol. The molecule has 1 aliphatic heterocycles. The van der Waals surface area contributed by atoms with Crippen LogP contribution in [0.3, 0.4) is 0 Å². The van der Waals surface area contributed by atoms with Gasteiger partial charge in [-0.2, -0.15) is 0 Å². The van der Waals surface area contributed by atoms with E-state index in [4.69, 9.17) is 5.73 Å². The lowest BCUT2D eigenvalue weighted by Crippen LogP contribution is -2.52. The van der Waals surface area contributed by atoms with E-state index in [9.17, 15) is 13.2 Å². The van der Waals surface area contributed by atoms with Crippen LogP contribution in [-0.4, -0.2) is 49.4 Å². The van der Waals surface area contributed by atoms with E-state index >= 15 is 0 Å². The molecule has 1 aliphatic rings. The number of nitrogens with two attached hydrogens (primary N) is 1. The molecule has 0 aromatic carbocycles. The molecule has 0 aliphatic carbocycles. The van der Waals surface area contributed by atoms with Gasteiger partial charge in [0.25, 0.3) is 0 Å². The number of nitrogens with zero attached hydrogens (tertiary/aromatic N) is 1. The first-order valence-electron chi connectivity index (χ1n) is 6.32. The fourth-order valence-electron chi connectivity index (χ4n) is 2.17. The predicted octanol–water partition coefficient (Wildman–Crippen LogP) is 0.395. The number of carbonyl (C=O) groups excluding carboxylic acids is 1. The predicted molar refractivity (Wildman–Crippen MR) is 71.9 cm³/mol. The van der Waals surface area contributed by atoms with Crippen LogP contribution in [0.1, 0.15) is 33.6 Å². The first kappa shape index (κ1) is 15.4. The van der Waals surface area contributed by atoms with Gasteiger partial charge in [0.15, 0.2) is 9.84 Å². The van der Waals surface area contributed by atoms with Gasteiger partial charge in [-0.3, -0.25) is 4.79 Å². The third-order valence-electron chi connectivity index (χ3n) is 4.01. The van der Waals surface area contributed by atoms with E-state index in [-0.39, 0.29) is 11.9 Å². The van der Waals surface area contributed by atoms with Gasteiger partial charge in [-0.15, -0.1) is 0 Å². The molecule has 6 heteroatoms. The van der Waals surface area contributed by atoms with Crippen molar-refractivity contribution in [3.05, 3.63) is 0 Å². The molecule has 18 heavy (non-hydrogen) atoms. The standard InChI is InChI=1S/C12H24N2O3S/c1-9(13)10-5-7-14(8-6-10)11(15)12(2,3)18(4,16)17/h9-10H,5-8,13H2,1-4H3. The molecule has 0 radical (unpaired) electrons. The number of rotatable bonds is 3. The van der Waals surface area contributed by atoms with Crippen molar-refractivity contribution in [1.29, 1.82) is 0 Å². The van der Waals surface area contributed by atoms with Crippen LogP contribution in [0.5, 0.6) is 0 Å². The number of hydrogen-bond donors (Lipinski definition) is 1. The summed E-state index contributed by atoms with van der Waals surface area (Å²) in [7, 11) is -3.40. The number of carbonyl (C=O) groups is 1. The average Bonchev–Trinajstić information content (AvgIpc) is 2.26. The molecular formula is C12H24N2O3S. The van der Waals surface area contributed by atoms with Crippen molar-refractivity contribution in [2.45, 2.75) is 44.4 Å². The van der Waals surface area contributed by atoms with Crippen LogP contribution < -0.4 is 5.73 Å². The number of likely N-dealkylation sites (tertiary alicyclic amines) is 1. The summed E-state index contributed by atoms with van der Waals surface area (Å²) >= 11 is 0. The first-order chi connectivity index (χ1) is 8.07. The van der Waals surface area contributed by atoms with Crippen molar-refractivity contribution >= 4 is 15.7 Å². The fraction of sp³-hybridized carbons (Fsp3) is 0.917. The van der Waals surface area contributed by atoms with Gasteiger partial charge in [-0.25, -0.2) is 8.42 Å². The Morgan fingerprint density at radius 2 is 1.78 bits per heavy atom. The summed E-state index contributed by atoms with van der Waals surface area (Å²) in [6.07, 6.45) is 2.81. The van der Waals surface area contributed by atoms with Gasteiger partial charge in [0.05, 0.1) is 0 Å². The van der Waals surface area contributed by atoms with Crippen molar-refractivity contribution in [1.82, 2.24) is 4.90 Å². The lowest BCUT2D eigenvalue weighted by atomic mass is 9.90. The Kier molecular flexibility index (Phi) is 4.43. The van der Waals surface area contributed by atoms with E-state index in [0.717, 1.165) is 19.1 Å². The molecule has 1 unspecified atom stereocenters. The fourth-order valence-corrected chi connectivity index (χ4v) is 2.61. The van der Waals surface area contributed by atoms with E-state index in [2.05, 4.69) is 0 Å². The number of sulfone groups is 1. The normalized spacial score (nSPS) is 20.8. The van der Waals surface area contributed by atoms with Crippen molar-refractivity contribution in [2.24, 2.45) is 11.7 Å². The summed E-state index contributed by atoms with van der Waals surface area (Å²) < 4.78 is 21.9. The highest BCUT2D eigenvalue weighted by Crippen LogP contribution is 2.24. The summed E-state index contributed by atoms with van der Waals surface area (Å²) in [4.78, 5) is 13.9. The monoisotopic (exact) mass is 276 g/mol. The van der Waals surface area contributed by atoms with E-state index < -0.39 is 14.6 Å². The Morgan fingerprint density at radius 1 is 1.33 bits per heavy atom. The van der Waals surface area contributed by atoms with Gasteiger partial charge in [0, 0.05) is 25.4 Å². The summed E-state index contributed by atoms with van der Waals surface area (Å²) in [5.41, 5.74) is 5.84. The van der Waals surface area contributed by atoms with Crippen LogP contribution >= 0.6 is 0 Å². The first-order valence-corrected chi connectivity index (χ1v) is 8.21. The highest BCUT2D eigenvalue weighted by molar-refractivity contribution is 7.92. The number of hydrogen-bond acceptors (Lipinski definition) is 4. The summed E-state index contributed by atoms with van der Waals surface area (Å²) in [6, 6.07) is 0.130. The van der Waals surface area contributed by atoms with Gasteiger partial charge < -0.3 is 10.6 Å².